The number of likely N-dealkylation sites (tertiary alicyclic amines) is 2. The van der Waals surface area contributed by atoms with Crippen LogP contribution in [-0.4, -0.2) is 63.1 Å². The molecule has 2 fully saturated rings. The third-order valence-corrected chi connectivity index (χ3v) is 5.37. The predicted molar refractivity (Wildman–Crippen MR) is 91.2 cm³/mol. The van der Waals surface area contributed by atoms with E-state index in [0.29, 0.717) is 13.0 Å². The topological polar surface area (TPSA) is 69.6 Å². The van der Waals surface area contributed by atoms with Crippen LogP contribution in [0.4, 0.5) is 0 Å². The maximum Gasteiger partial charge on any atom is 0.222 e. The molecule has 0 aromatic carbocycles. The lowest BCUT2D eigenvalue weighted by Gasteiger charge is -2.47. The molecule has 0 unspecified atom stereocenters. The summed E-state index contributed by atoms with van der Waals surface area (Å²) in [6.07, 6.45) is 7.08. The van der Waals surface area contributed by atoms with Gasteiger partial charge >= 0.3 is 0 Å². The molecule has 0 saturated carbocycles. The maximum atomic E-state index is 12.3. The van der Waals surface area contributed by atoms with Crippen molar-refractivity contribution in [1.82, 2.24) is 19.8 Å². The summed E-state index contributed by atoms with van der Waals surface area (Å²) in [6, 6.07) is 0. The SMILES string of the molecule is Cc1cnc(CN2CC3(CCC2=O)CCN(C[C@@H](C)O)CC3)cn1. The number of hydrogen-bond acceptors (Lipinski definition) is 5. The molecule has 1 aromatic heterocycles. The number of aliphatic hydroxyl groups excluding tert-OH is 1. The second kappa shape index (κ2) is 7.15. The Balaban J connectivity index is 1.61. The number of carbonyl (C=O) groups excluding carboxylic acids is 1. The van der Waals surface area contributed by atoms with Gasteiger partial charge in [-0.15, -0.1) is 0 Å². The molecule has 24 heavy (non-hydrogen) atoms. The first-order chi connectivity index (χ1) is 11.5. The van der Waals surface area contributed by atoms with Gasteiger partial charge in [0.15, 0.2) is 0 Å². The maximum absolute atomic E-state index is 12.3. The van der Waals surface area contributed by atoms with Gasteiger partial charge in [-0.3, -0.25) is 14.8 Å². The Morgan fingerprint density at radius 1 is 1.25 bits per heavy atom. The van der Waals surface area contributed by atoms with Crippen LogP contribution >= 0.6 is 0 Å². The quantitative estimate of drug-likeness (QED) is 0.902. The summed E-state index contributed by atoms with van der Waals surface area (Å²) in [5, 5.41) is 9.56. The van der Waals surface area contributed by atoms with Crippen LogP contribution in [-0.2, 0) is 11.3 Å². The van der Waals surface area contributed by atoms with Gasteiger partial charge in [-0.1, -0.05) is 0 Å². The standard InChI is InChI=1S/C18H28N4O2/c1-14-9-20-16(10-19-14)12-22-13-18(4-3-17(22)24)5-7-21(8-6-18)11-15(2)23/h9-10,15,23H,3-8,11-13H2,1-2H3/t15-/m1/s1. The van der Waals surface area contributed by atoms with E-state index in [2.05, 4.69) is 14.9 Å². The fourth-order valence-corrected chi connectivity index (χ4v) is 3.93. The van der Waals surface area contributed by atoms with E-state index in [1.54, 1.807) is 12.4 Å². The predicted octanol–water partition coefficient (Wildman–Crippen LogP) is 1.37. The van der Waals surface area contributed by atoms with Crippen LogP contribution in [0.5, 0.6) is 0 Å². The first-order valence-corrected chi connectivity index (χ1v) is 8.91. The third kappa shape index (κ3) is 4.11. The summed E-state index contributed by atoms with van der Waals surface area (Å²) in [6.45, 7) is 7.91. The Kier molecular flexibility index (Phi) is 5.15. The normalized spacial score (nSPS) is 22.8. The number of aliphatic hydroxyl groups is 1. The van der Waals surface area contributed by atoms with Crippen LogP contribution in [0.15, 0.2) is 12.4 Å². The molecule has 0 radical (unpaired) electrons. The second-order valence-corrected chi connectivity index (χ2v) is 7.55. The number of nitrogens with zero attached hydrogens (tertiary/aromatic N) is 4. The number of aryl methyl sites for hydroxylation is 1. The molecule has 6 nitrogen and oxygen atoms in total. The highest BCUT2D eigenvalue weighted by molar-refractivity contribution is 5.77. The van der Waals surface area contributed by atoms with Gasteiger partial charge in [-0.25, -0.2) is 0 Å². The molecule has 132 valence electrons. The van der Waals surface area contributed by atoms with Gasteiger partial charge in [-0.2, -0.15) is 0 Å². The van der Waals surface area contributed by atoms with E-state index < -0.39 is 0 Å². The number of piperidine rings is 2. The Morgan fingerprint density at radius 2 is 2.00 bits per heavy atom. The molecule has 3 heterocycles. The summed E-state index contributed by atoms with van der Waals surface area (Å²) in [5.41, 5.74) is 1.99. The van der Waals surface area contributed by atoms with Crippen molar-refractivity contribution in [3.05, 3.63) is 23.8 Å². The molecule has 1 spiro atoms. The number of rotatable bonds is 4. The minimum absolute atomic E-state index is 0.231. The smallest absolute Gasteiger partial charge is 0.222 e. The average Bonchev–Trinajstić information content (AvgIpc) is 2.55. The van der Waals surface area contributed by atoms with Crippen LogP contribution in [0.1, 0.15) is 44.0 Å². The Hall–Kier alpha value is -1.53. The zero-order valence-electron chi connectivity index (χ0n) is 14.7. The minimum atomic E-state index is -0.274. The van der Waals surface area contributed by atoms with Crippen molar-refractivity contribution in [1.29, 1.82) is 0 Å². The van der Waals surface area contributed by atoms with Gasteiger partial charge in [0.25, 0.3) is 0 Å². The zero-order chi connectivity index (χ0) is 17.2. The molecule has 2 aliphatic rings. The van der Waals surface area contributed by atoms with Crippen LogP contribution in [0.3, 0.4) is 0 Å². The van der Waals surface area contributed by atoms with E-state index in [1.807, 2.05) is 18.7 Å². The van der Waals surface area contributed by atoms with Crippen LogP contribution in [0.25, 0.3) is 0 Å². The highest BCUT2D eigenvalue weighted by Crippen LogP contribution is 2.40. The van der Waals surface area contributed by atoms with Gasteiger partial charge < -0.3 is 14.9 Å². The summed E-state index contributed by atoms with van der Waals surface area (Å²) >= 11 is 0. The van der Waals surface area contributed by atoms with Gasteiger partial charge in [0.05, 0.1) is 30.2 Å². The lowest BCUT2D eigenvalue weighted by Crippen LogP contribution is -2.51. The highest BCUT2D eigenvalue weighted by Gasteiger charge is 2.41. The second-order valence-electron chi connectivity index (χ2n) is 7.55. The Labute approximate surface area is 143 Å². The van der Waals surface area contributed by atoms with Crippen molar-refractivity contribution in [3.8, 4) is 0 Å². The van der Waals surface area contributed by atoms with Crippen molar-refractivity contribution >= 4 is 5.91 Å². The Bertz CT molecular complexity index is 565. The van der Waals surface area contributed by atoms with Gasteiger partial charge in [-0.05, 0) is 51.6 Å². The molecular formula is C18H28N4O2. The van der Waals surface area contributed by atoms with E-state index in [-0.39, 0.29) is 17.4 Å². The van der Waals surface area contributed by atoms with Gasteiger partial charge in [0, 0.05) is 25.7 Å². The molecule has 3 rings (SSSR count). The highest BCUT2D eigenvalue weighted by atomic mass is 16.3. The molecular weight excluding hydrogens is 304 g/mol. The zero-order valence-corrected chi connectivity index (χ0v) is 14.7. The molecule has 2 saturated heterocycles. The van der Waals surface area contributed by atoms with Crippen molar-refractivity contribution < 1.29 is 9.90 Å². The van der Waals surface area contributed by atoms with Gasteiger partial charge in [0.2, 0.25) is 5.91 Å². The third-order valence-electron chi connectivity index (χ3n) is 5.37. The molecule has 0 aliphatic carbocycles. The first-order valence-electron chi connectivity index (χ1n) is 8.91. The molecule has 6 heteroatoms. The fourth-order valence-electron chi connectivity index (χ4n) is 3.93. The van der Waals surface area contributed by atoms with E-state index in [9.17, 15) is 9.90 Å². The largest absolute Gasteiger partial charge is 0.392 e. The summed E-state index contributed by atoms with van der Waals surface area (Å²) < 4.78 is 0. The van der Waals surface area contributed by atoms with Crippen LogP contribution in [0, 0.1) is 12.3 Å². The van der Waals surface area contributed by atoms with E-state index in [4.69, 9.17) is 0 Å². The fraction of sp³-hybridized carbons (Fsp3) is 0.722. The van der Waals surface area contributed by atoms with Crippen LogP contribution in [0.2, 0.25) is 0 Å². The Morgan fingerprint density at radius 3 is 2.62 bits per heavy atom. The molecule has 1 aromatic rings. The van der Waals surface area contributed by atoms with Crippen LogP contribution < -0.4 is 0 Å². The summed E-state index contributed by atoms with van der Waals surface area (Å²) in [5.74, 6) is 0.231. The molecule has 1 N–H and O–H groups in total. The number of hydrogen-bond donors (Lipinski definition) is 1. The average molecular weight is 332 g/mol. The monoisotopic (exact) mass is 332 g/mol. The summed E-state index contributed by atoms with van der Waals surface area (Å²) in [4.78, 5) is 25.3. The number of aromatic nitrogens is 2. The van der Waals surface area contributed by atoms with Gasteiger partial charge in [0.1, 0.15) is 0 Å². The molecule has 1 atom stereocenters. The van der Waals surface area contributed by atoms with Crippen molar-refractivity contribution in [2.24, 2.45) is 5.41 Å². The minimum Gasteiger partial charge on any atom is -0.392 e. The van der Waals surface area contributed by atoms with E-state index in [1.165, 1.54) is 0 Å². The lowest BCUT2D eigenvalue weighted by molar-refractivity contribution is -0.140. The number of amides is 1. The lowest BCUT2D eigenvalue weighted by atomic mass is 9.72. The molecule has 1 amide bonds. The molecule has 2 aliphatic heterocycles. The van der Waals surface area contributed by atoms with Crippen molar-refractivity contribution in [2.75, 3.05) is 26.2 Å². The van der Waals surface area contributed by atoms with E-state index >= 15 is 0 Å². The molecule has 0 bridgehead atoms. The number of β-amino-alcohol motifs (C(OH)–C–C–N with tert-alkyl or cyclic N) is 1. The van der Waals surface area contributed by atoms with Crippen molar-refractivity contribution in [3.63, 3.8) is 0 Å². The number of carbonyl (C=O) groups is 1. The van der Waals surface area contributed by atoms with Crippen molar-refractivity contribution in [2.45, 2.75) is 52.2 Å². The first kappa shape index (κ1) is 17.3. The summed E-state index contributed by atoms with van der Waals surface area (Å²) in [7, 11) is 0. The van der Waals surface area contributed by atoms with E-state index in [0.717, 1.165) is 56.8 Å².